The molecule has 0 saturated carbocycles. The Hall–Kier alpha value is -2.63. The van der Waals surface area contributed by atoms with Crippen LogP contribution in [0, 0.1) is 0 Å². The molecule has 6 heteroatoms. The summed E-state index contributed by atoms with van der Waals surface area (Å²) < 4.78 is 1.37. The maximum Gasteiger partial charge on any atom is 0.258 e. The van der Waals surface area contributed by atoms with Gasteiger partial charge in [-0.25, -0.2) is 0 Å². The van der Waals surface area contributed by atoms with Gasteiger partial charge in [0.25, 0.3) is 5.56 Å². The molecule has 6 nitrogen and oxygen atoms in total. The van der Waals surface area contributed by atoms with Crippen LogP contribution in [0.4, 0.5) is 0 Å². The minimum absolute atomic E-state index is 0.0544. The minimum atomic E-state index is -0.284. The Balaban J connectivity index is 1.84. The molecule has 0 radical (unpaired) electrons. The van der Waals surface area contributed by atoms with E-state index in [0.29, 0.717) is 11.9 Å². The second-order valence-electron chi connectivity index (χ2n) is 5.64. The maximum atomic E-state index is 12.3. The number of fused-ring (bicyclic) bond motifs is 1. The predicted molar refractivity (Wildman–Crippen MR) is 93.8 cm³/mol. The van der Waals surface area contributed by atoms with Gasteiger partial charge in [-0.15, -0.1) is 0 Å². The van der Waals surface area contributed by atoms with Crippen molar-refractivity contribution in [2.24, 2.45) is 0 Å². The van der Waals surface area contributed by atoms with Gasteiger partial charge in [-0.2, -0.15) is 0 Å². The van der Waals surface area contributed by atoms with Crippen molar-refractivity contribution in [1.82, 2.24) is 15.2 Å². The summed E-state index contributed by atoms with van der Waals surface area (Å²) in [5.74, 6) is -0.361. The van der Waals surface area contributed by atoms with Gasteiger partial charge in [-0.05, 0) is 23.9 Å². The van der Waals surface area contributed by atoms with Crippen molar-refractivity contribution in [3.05, 3.63) is 46.9 Å². The van der Waals surface area contributed by atoms with Crippen LogP contribution in [0.5, 0.6) is 0 Å². The number of unbranched alkanes of at least 4 members (excludes halogenated alkanes) is 1. The molecule has 2 rings (SSSR count). The third-order valence-electron chi connectivity index (χ3n) is 3.73. The van der Waals surface area contributed by atoms with Gasteiger partial charge >= 0.3 is 0 Å². The lowest BCUT2D eigenvalue weighted by atomic mass is 10.2. The Bertz CT molecular complexity index is 767. The Morgan fingerprint density at radius 3 is 2.58 bits per heavy atom. The molecule has 0 aliphatic rings. The summed E-state index contributed by atoms with van der Waals surface area (Å²) in [7, 11) is 0. The molecule has 1 heterocycles. The summed E-state index contributed by atoms with van der Waals surface area (Å²) in [5, 5.41) is 6.90. The van der Waals surface area contributed by atoms with Crippen LogP contribution >= 0.6 is 0 Å². The van der Waals surface area contributed by atoms with E-state index >= 15 is 0 Å². The van der Waals surface area contributed by atoms with E-state index in [1.165, 1.54) is 4.57 Å². The molecule has 2 aromatic rings. The summed E-state index contributed by atoms with van der Waals surface area (Å²) in [4.78, 5) is 35.8. The van der Waals surface area contributed by atoms with Crippen molar-refractivity contribution in [2.75, 3.05) is 13.1 Å². The van der Waals surface area contributed by atoms with Gasteiger partial charge in [0.15, 0.2) is 0 Å². The van der Waals surface area contributed by atoms with Gasteiger partial charge in [0.1, 0.15) is 6.54 Å². The molecule has 0 aliphatic carbocycles. The zero-order valence-electron chi connectivity index (χ0n) is 13.9. The number of hydrogen-bond acceptors (Lipinski definition) is 3. The molecule has 1 aromatic carbocycles. The van der Waals surface area contributed by atoms with Crippen LogP contribution in [0.25, 0.3) is 10.8 Å². The summed E-state index contributed by atoms with van der Waals surface area (Å²) in [6.45, 7) is 2.93. The minimum Gasteiger partial charge on any atom is -0.356 e. The average molecular weight is 329 g/mol. The van der Waals surface area contributed by atoms with Gasteiger partial charge in [0.2, 0.25) is 11.8 Å². The topological polar surface area (TPSA) is 80.2 Å². The molecule has 0 atom stereocenters. The standard InChI is InChI=1S/C18H23N3O3/c1-2-3-10-19-16(22)8-11-20-17(23)13-21-12-9-14-6-4-5-7-15(14)18(21)24/h4-7,9,12H,2-3,8,10-11,13H2,1H3,(H,19,22)(H,20,23). The average Bonchev–Trinajstić information content (AvgIpc) is 2.58. The molecule has 2 amide bonds. The van der Waals surface area contributed by atoms with E-state index < -0.39 is 0 Å². The Morgan fingerprint density at radius 1 is 1.04 bits per heavy atom. The predicted octanol–water partition coefficient (Wildman–Crippen LogP) is 1.42. The van der Waals surface area contributed by atoms with Crippen molar-refractivity contribution < 1.29 is 9.59 Å². The number of nitrogens with one attached hydrogen (secondary N) is 2. The third kappa shape index (κ3) is 4.94. The highest BCUT2D eigenvalue weighted by Crippen LogP contribution is 2.07. The van der Waals surface area contributed by atoms with Gasteiger partial charge in [0.05, 0.1) is 0 Å². The van der Waals surface area contributed by atoms with Crippen molar-refractivity contribution in [3.63, 3.8) is 0 Å². The van der Waals surface area contributed by atoms with E-state index in [1.807, 2.05) is 18.2 Å². The zero-order chi connectivity index (χ0) is 17.4. The van der Waals surface area contributed by atoms with E-state index in [0.717, 1.165) is 18.2 Å². The molecular formula is C18H23N3O3. The lowest BCUT2D eigenvalue weighted by Crippen LogP contribution is -2.35. The van der Waals surface area contributed by atoms with E-state index in [4.69, 9.17) is 0 Å². The first-order valence-corrected chi connectivity index (χ1v) is 8.23. The number of carbonyl (C=O) groups excluding carboxylic acids is 2. The molecule has 128 valence electrons. The van der Waals surface area contributed by atoms with Crippen LogP contribution in [0.3, 0.4) is 0 Å². The highest BCUT2D eigenvalue weighted by atomic mass is 16.2. The lowest BCUT2D eigenvalue weighted by molar-refractivity contribution is -0.122. The summed E-state index contributed by atoms with van der Waals surface area (Å²) in [6.07, 6.45) is 3.82. The van der Waals surface area contributed by atoms with Crippen molar-refractivity contribution in [2.45, 2.75) is 32.7 Å². The smallest absolute Gasteiger partial charge is 0.258 e. The monoisotopic (exact) mass is 329 g/mol. The molecule has 0 spiro atoms. The number of pyridine rings is 1. The zero-order valence-corrected chi connectivity index (χ0v) is 13.9. The van der Waals surface area contributed by atoms with E-state index in [1.54, 1.807) is 18.3 Å². The number of amides is 2. The number of aromatic nitrogens is 1. The van der Waals surface area contributed by atoms with E-state index in [-0.39, 0.29) is 36.9 Å². The van der Waals surface area contributed by atoms with Crippen LogP contribution in [0.15, 0.2) is 41.3 Å². The number of benzene rings is 1. The first-order chi connectivity index (χ1) is 11.6. The maximum absolute atomic E-state index is 12.3. The molecule has 24 heavy (non-hydrogen) atoms. The molecule has 2 N–H and O–H groups in total. The van der Waals surface area contributed by atoms with E-state index in [2.05, 4.69) is 17.6 Å². The van der Waals surface area contributed by atoms with Crippen molar-refractivity contribution >= 4 is 22.6 Å². The fourth-order valence-corrected chi connectivity index (χ4v) is 2.37. The van der Waals surface area contributed by atoms with Crippen LogP contribution in [-0.4, -0.2) is 29.5 Å². The number of hydrogen-bond donors (Lipinski definition) is 2. The molecule has 0 bridgehead atoms. The summed E-state index contributed by atoms with van der Waals surface area (Å²) in [5.41, 5.74) is -0.194. The first-order valence-electron chi connectivity index (χ1n) is 8.23. The SMILES string of the molecule is CCCCNC(=O)CCNC(=O)Cn1ccc2ccccc2c1=O. The Labute approximate surface area is 140 Å². The van der Waals surface area contributed by atoms with Gasteiger partial charge < -0.3 is 15.2 Å². The fourth-order valence-electron chi connectivity index (χ4n) is 2.37. The van der Waals surface area contributed by atoms with Gasteiger partial charge in [0, 0.05) is 31.1 Å². The molecular weight excluding hydrogens is 306 g/mol. The van der Waals surface area contributed by atoms with Crippen LogP contribution in [-0.2, 0) is 16.1 Å². The molecule has 0 fully saturated rings. The van der Waals surface area contributed by atoms with Crippen molar-refractivity contribution in [1.29, 1.82) is 0 Å². The highest BCUT2D eigenvalue weighted by molar-refractivity contribution is 5.82. The fraction of sp³-hybridized carbons (Fsp3) is 0.389. The Kier molecular flexibility index (Phi) is 6.54. The number of nitrogens with zero attached hydrogens (tertiary/aromatic N) is 1. The second-order valence-corrected chi connectivity index (χ2v) is 5.64. The first kappa shape index (κ1) is 17.7. The van der Waals surface area contributed by atoms with Crippen LogP contribution in [0.2, 0.25) is 0 Å². The van der Waals surface area contributed by atoms with Crippen LogP contribution < -0.4 is 16.2 Å². The van der Waals surface area contributed by atoms with Gasteiger partial charge in [-0.1, -0.05) is 31.5 Å². The van der Waals surface area contributed by atoms with Crippen LogP contribution in [0.1, 0.15) is 26.2 Å². The summed E-state index contributed by atoms with van der Waals surface area (Å²) in [6, 6.07) is 9.08. The molecule has 1 aromatic heterocycles. The third-order valence-corrected chi connectivity index (χ3v) is 3.73. The normalized spacial score (nSPS) is 10.5. The summed E-state index contributed by atoms with van der Waals surface area (Å²) >= 11 is 0. The molecule has 0 unspecified atom stereocenters. The lowest BCUT2D eigenvalue weighted by Gasteiger charge is -2.09. The number of carbonyl (C=O) groups is 2. The quantitative estimate of drug-likeness (QED) is 0.719. The Morgan fingerprint density at radius 2 is 1.79 bits per heavy atom. The molecule has 0 aliphatic heterocycles. The second kappa shape index (κ2) is 8.86. The van der Waals surface area contributed by atoms with Gasteiger partial charge in [-0.3, -0.25) is 14.4 Å². The number of rotatable bonds is 8. The van der Waals surface area contributed by atoms with E-state index in [9.17, 15) is 14.4 Å². The molecule has 0 saturated heterocycles. The highest BCUT2D eigenvalue weighted by Gasteiger charge is 2.07. The largest absolute Gasteiger partial charge is 0.356 e. The van der Waals surface area contributed by atoms with Crippen molar-refractivity contribution in [3.8, 4) is 0 Å².